The molecule has 126 valence electrons. The Kier molecular flexibility index (Phi) is 4.74. The largest absolute Gasteiger partial charge is 0.486 e. The predicted octanol–water partition coefficient (Wildman–Crippen LogP) is 4.07. The maximum Gasteiger partial charge on any atom is 0.251 e. The van der Waals surface area contributed by atoms with E-state index in [2.05, 4.69) is 43.4 Å². The van der Waals surface area contributed by atoms with Crippen molar-refractivity contribution in [1.29, 1.82) is 0 Å². The van der Waals surface area contributed by atoms with Crippen molar-refractivity contribution in [3.8, 4) is 11.5 Å². The van der Waals surface area contributed by atoms with Crippen LogP contribution in [0.4, 0.5) is 0 Å². The minimum atomic E-state index is -0.118. The first-order chi connectivity index (χ1) is 11.5. The molecule has 1 N–H and O–H groups in total. The van der Waals surface area contributed by atoms with Gasteiger partial charge in [0.25, 0.3) is 5.91 Å². The summed E-state index contributed by atoms with van der Waals surface area (Å²) in [6, 6.07) is 13.6. The second-order valence-electron chi connectivity index (χ2n) is 6.37. The van der Waals surface area contributed by atoms with Gasteiger partial charge in [-0.1, -0.05) is 38.1 Å². The van der Waals surface area contributed by atoms with E-state index in [0.717, 1.165) is 5.56 Å². The van der Waals surface area contributed by atoms with Crippen molar-refractivity contribution in [2.75, 3.05) is 13.2 Å². The van der Waals surface area contributed by atoms with Crippen LogP contribution in [0.25, 0.3) is 0 Å². The van der Waals surface area contributed by atoms with Gasteiger partial charge < -0.3 is 14.8 Å². The average Bonchev–Trinajstić information content (AvgIpc) is 2.61. The average molecular weight is 325 g/mol. The van der Waals surface area contributed by atoms with Crippen molar-refractivity contribution in [2.24, 2.45) is 0 Å². The monoisotopic (exact) mass is 325 g/mol. The van der Waals surface area contributed by atoms with Crippen LogP contribution in [-0.4, -0.2) is 19.1 Å². The lowest BCUT2D eigenvalue weighted by atomic mass is 9.99. The van der Waals surface area contributed by atoms with Crippen molar-refractivity contribution in [3.63, 3.8) is 0 Å². The molecule has 0 saturated carbocycles. The van der Waals surface area contributed by atoms with Crippen LogP contribution in [0.1, 0.15) is 54.2 Å². The quantitative estimate of drug-likeness (QED) is 0.921. The van der Waals surface area contributed by atoms with Gasteiger partial charge in [-0.2, -0.15) is 0 Å². The Morgan fingerprint density at radius 3 is 2.21 bits per heavy atom. The topological polar surface area (TPSA) is 47.6 Å². The van der Waals surface area contributed by atoms with Gasteiger partial charge in [0.05, 0.1) is 6.04 Å². The number of fused-ring (bicyclic) bond motifs is 1. The number of nitrogens with one attached hydrogen (secondary N) is 1. The summed E-state index contributed by atoms with van der Waals surface area (Å²) in [6.45, 7) is 7.38. The third kappa shape index (κ3) is 3.53. The zero-order chi connectivity index (χ0) is 17.1. The van der Waals surface area contributed by atoms with Gasteiger partial charge in [-0.25, -0.2) is 0 Å². The van der Waals surface area contributed by atoms with E-state index in [1.54, 1.807) is 18.2 Å². The van der Waals surface area contributed by atoms with Gasteiger partial charge in [-0.05, 0) is 42.2 Å². The Hall–Kier alpha value is -2.49. The Balaban J connectivity index is 1.69. The molecule has 1 heterocycles. The highest BCUT2D eigenvalue weighted by molar-refractivity contribution is 5.95. The van der Waals surface area contributed by atoms with Crippen LogP contribution in [0, 0.1) is 0 Å². The summed E-state index contributed by atoms with van der Waals surface area (Å²) in [5.74, 6) is 1.70. The summed E-state index contributed by atoms with van der Waals surface area (Å²) in [5.41, 5.74) is 2.96. The van der Waals surface area contributed by atoms with E-state index in [-0.39, 0.29) is 11.9 Å². The maximum atomic E-state index is 12.5. The molecule has 3 rings (SSSR count). The standard InChI is InChI=1S/C20H23NO3/c1-13(2)15-4-6-16(7-5-15)14(3)21-20(22)17-8-9-18-19(12-17)24-11-10-23-18/h4-9,12-14H,10-11H2,1-3H3,(H,21,22)/t14-/m0/s1. The van der Waals surface area contributed by atoms with Gasteiger partial charge in [0.2, 0.25) is 0 Å². The maximum absolute atomic E-state index is 12.5. The normalized spacial score (nSPS) is 14.3. The number of hydrogen-bond acceptors (Lipinski definition) is 3. The van der Waals surface area contributed by atoms with Crippen molar-refractivity contribution in [1.82, 2.24) is 5.32 Å². The molecule has 1 aliphatic heterocycles. The van der Waals surface area contributed by atoms with Crippen LogP contribution in [0.15, 0.2) is 42.5 Å². The smallest absolute Gasteiger partial charge is 0.251 e. The summed E-state index contributed by atoms with van der Waals surface area (Å²) in [4.78, 5) is 12.5. The molecule has 0 fully saturated rings. The van der Waals surface area contributed by atoms with Crippen molar-refractivity contribution in [3.05, 3.63) is 59.2 Å². The molecule has 2 aromatic rings. The highest BCUT2D eigenvalue weighted by atomic mass is 16.6. The second-order valence-corrected chi connectivity index (χ2v) is 6.37. The van der Waals surface area contributed by atoms with E-state index in [9.17, 15) is 4.79 Å². The Morgan fingerprint density at radius 1 is 0.917 bits per heavy atom. The van der Waals surface area contributed by atoms with E-state index < -0.39 is 0 Å². The van der Waals surface area contributed by atoms with Gasteiger partial charge in [0.15, 0.2) is 11.5 Å². The number of carbonyl (C=O) groups excluding carboxylic acids is 1. The Bertz CT molecular complexity index is 722. The lowest BCUT2D eigenvalue weighted by Crippen LogP contribution is -2.27. The number of hydrogen-bond donors (Lipinski definition) is 1. The van der Waals surface area contributed by atoms with Crippen LogP contribution in [0.5, 0.6) is 11.5 Å². The first-order valence-corrected chi connectivity index (χ1v) is 8.35. The molecular formula is C20H23NO3. The van der Waals surface area contributed by atoms with Crippen LogP contribution >= 0.6 is 0 Å². The molecule has 0 spiro atoms. The third-order valence-corrected chi connectivity index (χ3v) is 4.26. The summed E-state index contributed by atoms with van der Waals surface area (Å²) >= 11 is 0. The van der Waals surface area contributed by atoms with E-state index in [1.165, 1.54) is 5.56 Å². The van der Waals surface area contributed by atoms with Gasteiger partial charge >= 0.3 is 0 Å². The van der Waals surface area contributed by atoms with Gasteiger partial charge in [-0.3, -0.25) is 4.79 Å². The molecule has 0 aliphatic carbocycles. The lowest BCUT2D eigenvalue weighted by Gasteiger charge is -2.19. The Labute approximate surface area is 142 Å². The fourth-order valence-corrected chi connectivity index (χ4v) is 2.72. The molecule has 1 amide bonds. The van der Waals surface area contributed by atoms with Gasteiger partial charge in [0.1, 0.15) is 13.2 Å². The first kappa shape index (κ1) is 16.4. The summed E-state index contributed by atoms with van der Waals surface area (Å²) in [5, 5.41) is 3.03. The van der Waals surface area contributed by atoms with E-state index in [0.29, 0.717) is 36.2 Å². The van der Waals surface area contributed by atoms with E-state index in [1.807, 2.05) is 6.92 Å². The van der Waals surface area contributed by atoms with Crippen molar-refractivity contribution < 1.29 is 14.3 Å². The van der Waals surface area contributed by atoms with E-state index in [4.69, 9.17) is 9.47 Å². The number of amides is 1. The van der Waals surface area contributed by atoms with Crippen LogP contribution in [0.2, 0.25) is 0 Å². The minimum Gasteiger partial charge on any atom is -0.486 e. The number of carbonyl (C=O) groups is 1. The Morgan fingerprint density at radius 2 is 1.54 bits per heavy atom. The first-order valence-electron chi connectivity index (χ1n) is 8.35. The highest BCUT2D eigenvalue weighted by Crippen LogP contribution is 2.31. The zero-order valence-electron chi connectivity index (χ0n) is 14.3. The van der Waals surface area contributed by atoms with Crippen molar-refractivity contribution >= 4 is 5.91 Å². The fourth-order valence-electron chi connectivity index (χ4n) is 2.72. The molecule has 0 radical (unpaired) electrons. The van der Waals surface area contributed by atoms with Crippen molar-refractivity contribution in [2.45, 2.75) is 32.7 Å². The second kappa shape index (κ2) is 6.95. The van der Waals surface area contributed by atoms with Gasteiger partial charge in [0, 0.05) is 5.56 Å². The molecule has 1 aliphatic rings. The number of rotatable bonds is 4. The molecule has 0 bridgehead atoms. The van der Waals surface area contributed by atoms with Crippen LogP contribution in [-0.2, 0) is 0 Å². The summed E-state index contributed by atoms with van der Waals surface area (Å²) in [6.07, 6.45) is 0. The molecule has 0 aromatic heterocycles. The molecule has 1 atom stereocenters. The molecule has 4 nitrogen and oxygen atoms in total. The predicted molar refractivity (Wildman–Crippen MR) is 93.8 cm³/mol. The summed E-state index contributed by atoms with van der Waals surface area (Å²) in [7, 11) is 0. The summed E-state index contributed by atoms with van der Waals surface area (Å²) < 4.78 is 11.0. The third-order valence-electron chi connectivity index (χ3n) is 4.26. The number of benzene rings is 2. The molecule has 0 unspecified atom stereocenters. The number of ether oxygens (including phenoxy) is 2. The molecule has 2 aromatic carbocycles. The zero-order valence-corrected chi connectivity index (χ0v) is 14.3. The van der Waals surface area contributed by atoms with E-state index >= 15 is 0 Å². The lowest BCUT2D eigenvalue weighted by molar-refractivity contribution is 0.0938. The van der Waals surface area contributed by atoms with Gasteiger partial charge in [-0.15, -0.1) is 0 Å². The molecule has 0 saturated heterocycles. The minimum absolute atomic E-state index is 0.0630. The molecular weight excluding hydrogens is 302 g/mol. The molecule has 4 heteroatoms. The fraction of sp³-hybridized carbons (Fsp3) is 0.350. The molecule has 24 heavy (non-hydrogen) atoms. The SMILES string of the molecule is CC(C)c1ccc([C@H](C)NC(=O)c2ccc3c(c2)OCCO3)cc1. The van der Waals surface area contributed by atoms with Crippen LogP contribution < -0.4 is 14.8 Å². The highest BCUT2D eigenvalue weighted by Gasteiger charge is 2.16. The van der Waals surface area contributed by atoms with Crippen LogP contribution in [0.3, 0.4) is 0 Å².